The maximum absolute atomic E-state index is 6.13. The van der Waals surface area contributed by atoms with Crippen LogP contribution in [0.3, 0.4) is 0 Å². The Balaban J connectivity index is 2.46. The molecule has 0 amide bonds. The molecule has 0 spiro atoms. The third-order valence-corrected chi connectivity index (χ3v) is 4.19. The number of halogens is 2. The van der Waals surface area contributed by atoms with Crippen molar-refractivity contribution in [3.05, 3.63) is 38.8 Å². The van der Waals surface area contributed by atoms with Gasteiger partial charge in [0.25, 0.3) is 0 Å². The zero-order chi connectivity index (χ0) is 11.7. The molecule has 16 heavy (non-hydrogen) atoms. The molecular weight excluding hydrogens is 308 g/mol. The number of hydrogen-bond donors (Lipinski definition) is 1. The molecule has 1 aromatic heterocycles. The van der Waals surface area contributed by atoms with Crippen molar-refractivity contribution in [2.75, 3.05) is 0 Å². The topological polar surface area (TPSA) is 38.9 Å². The number of thiazole rings is 1. The van der Waals surface area contributed by atoms with Gasteiger partial charge >= 0.3 is 0 Å². The van der Waals surface area contributed by atoms with Crippen LogP contribution in [0.25, 0.3) is 10.6 Å². The highest BCUT2D eigenvalue weighted by Crippen LogP contribution is 2.34. The zero-order valence-corrected chi connectivity index (χ0v) is 11.7. The highest BCUT2D eigenvalue weighted by molar-refractivity contribution is 9.10. The molecule has 0 aliphatic carbocycles. The minimum atomic E-state index is 0.0113. The summed E-state index contributed by atoms with van der Waals surface area (Å²) in [6.07, 6.45) is 1.81. The van der Waals surface area contributed by atoms with Crippen LogP contribution in [0.1, 0.15) is 17.8 Å². The highest BCUT2D eigenvalue weighted by Gasteiger charge is 2.10. The van der Waals surface area contributed by atoms with Crippen LogP contribution in [0.4, 0.5) is 0 Å². The van der Waals surface area contributed by atoms with Gasteiger partial charge in [-0.3, -0.25) is 0 Å². The van der Waals surface area contributed by atoms with Gasteiger partial charge in [0.1, 0.15) is 5.01 Å². The molecule has 1 aromatic carbocycles. The van der Waals surface area contributed by atoms with Gasteiger partial charge in [-0.15, -0.1) is 11.3 Å². The van der Waals surface area contributed by atoms with Gasteiger partial charge < -0.3 is 5.73 Å². The molecule has 1 unspecified atom stereocenters. The Morgan fingerprint density at radius 1 is 1.50 bits per heavy atom. The number of rotatable bonds is 2. The molecule has 0 aliphatic heterocycles. The van der Waals surface area contributed by atoms with Gasteiger partial charge in [0.15, 0.2) is 0 Å². The van der Waals surface area contributed by atoms with Gasteiger partial charge in [-0.05, 0) is 25.1 Å². The van der Waals surface area contributed by atoms with E-state index >= 15 is 0 Å². The predicted molar refractivity (Wildman–Crippen MR) is 72.9 cm³/mol. The molecule has 2 aromatic rings. The van der Waals surface area contributed by atoms with Crippen LogP contribution in [0.15, 0.2) is 28.9 Å². The van der Waals surface area contributed by atoms with Crippen molar-refractivity contribution in [1.82, 2.24) is 4.98 Å². The Kier molecular flexibility index (Phi) is 3.64. The summed E-state index contributed by atoms with van der Waals surface area (Å²) in [5.74, 6) is 0. The molecule has 0 radical (unpaired) electrons. The van der Waals surface area contributed by atoms with Gasteiger partial charge in [-0.2, -0.15) is 0 Å². The highest BCUT2D eigenvalue weighted by atomic mass is 79.9. The van der Waals surface area contributed by atoms with E-state index in [1.807, 2.05) is 31.3 Å². The lowest BCUT2D eigenvalue weighted by molar-refractivity contribution is 0.835. The van der Waals surface area contributed by atoms with Crippen LogP contribution in [-0.2, 0) is 0 Å². The number of nitrogens with zero attached hydrogens (tertiary/aromatic N) is 1. The zero-order valence-electron chi connectivity index (χ0n) is 8.58. The molecule has 0 saturated heterocycles. The van der Waals surface area contributed by atoms with Crippen LogP contribution in [0.2, 0.25) is 5.02 Å². The quantitative estimate of drug-likeness (QED) is 0.899. The summed E-state index contributed by atoms with van der Waals surface area (Å²) in [6, 6.07) is 5.74. The lowest BCUT2D eigenvalue weighted by Gasteiger charge is -2.01. The summed E-state index contributed by atoms with van der Waals surface area (Å²) in [5.41, 5.74) is 6.74. The molecule has 0 saturated carbocycles. The monoisotopic (exact) mass is 316 g/mol. The average Bonchev–Trinajstić information content (AvgIpc) is 2.70. The fraction of sp³-hybridized carbons (Fsp3) is 0.182. The number of hydrogen-bond acceptors (Lipinski definition) is 3. The second-order valence-electron chi connectivity index (χ2n) is 3.48. The molecule has 2 nitrogen and oxygen atoms in total. The predicted octanol–water partition coefficient (Wildman–Crippen LogP) is 4.25. The molecular formula is C11H10BrClN2S. The minimum absolute atomic E-state index is 0.0113. The maximum Gasteiger partial charge on any atom is 0.125 e. The summed E-state index contributed by atoms with van der Waals surface area (Å²) >= 11 is 11.1. The molecule has 5 heteroatoms. The van der Waals surface area contributed by atoms with E-state index in [2.05, 4.69) is 20.9 Å². The maximum atomic E-state index is 6.13. The Hall–Kier alpha value is -0.420. The van der Waals surface area contributed by atoms with Crippen molar-refractivity contribution >= 4 is 38.9 Å². The summed E-state index contributed by atoms with van der Waals surface area (Å²) < 4.78 is 0.990. The summed E-state index contributed by atoms with van der Waals surface area (Å²) in [6.45, 7) is 1.94. The molecule has 84 valence electrons. The summed E-state index contributed by atoms with van der Waals surface area (Å²) in [4.78, 5) is 5.40. The Labute approximate surface area is 112 Å². The van der Waals surface area contributed by atoms with E-state index in [9.17, 15) is 0 Å². The lowest BCUT2D eigenvalue weighted by atomic mass is 10.2. The normalized spacial score (nSPS) is 12.8. The van der Waals surface area contributed by atoms with E-state index in [0.29, 0.717) is 5.02 Å². The van der Waals surface area contributed by atoms with Crippen LogP contribution in [0.5, 0.6) is 0 Å². The molecule has 0 aliphatic rings. The van der Waals surface area contributed by atoms with Gasteiger partial charge in [0, 0.05) is 27.2 Å². The number of benzene rings is 1. The SMILES string of the molecule is CC(N)c1cnc(-c2cc(Br)ccc2Cl)s1. The molecule has 2 N–H and O–H groups in total. The molecule has 2 rings (SSSR count). The second kappa shape index (κ2) is 4.84. The van der Waals surface area contributed by atoms with E-state index in [1.165, 1.54) is 0 Å². The lowest BCUT2D eigenvalue weighted by Crippen LogP contribution is -2.01. The standard InChI is InChI=1S/C11H10BrClN2S/c1-6(14)10-5-15-11(16-10)8-4-7(12)2-3-9(8)13/h2-6H,14H2,1H3. The number of aromatic nitrogens is 1. The van der Waals surface area contributed by atoms with Gasteiger partial charge in [0.2, 0.25) is 0 Å². The van der Waals surface area contributed by atoms with Crippen molar-refractivity contribution < 1.29 is 0 Å². The summed E-state index contributed by atoms with van der Waals surface area (Å²) in [7, 11) is 0. The van der Waals surface area contributed by atoms with E-state index in [-0.39, 0.29) is 6.04 Å². The molecule has 0 bridgehead atoms. The van der Waals surface area contributed by atoms with Gasteiger partial charge in [-0.25, -0.2) is 4.98 Å². The van der Waals surface area contributed by atoms with Crippen molar-refractivity contribution in [2.24, 2.45) is 5.73 Å². The van der Waals surface area contributed by atoms with Crippen LogP contribution in [0, 0.1) is 0 Å². The Morgan fingerprint density at radius 2 is 2.25 bits per heavy atom. The fourth-order valence-electron chi connectivity index (χ4n) is 1.28. The summed E-state index contributed by atoms with van der Waals surface area (Å²) in [5, 5.41) is 1.60. The van der Waals surface area contributed by atoms with Crippen LogP contribution < -0.4 is 5.73 Å². The average molecular weight is 318 g/mol. The van der Waals surface area contributed by atoms with E-state index in [4.69, 9.17) is 17.3 Å². The van der Waals surface area contributed by atoms with Crippen LogP contribution in [-0.4, -0.2) is 4.98 Å². The first kappa shape index (κ1) is 12.0. The number of nitrogens with two attached hydrogens (primary N) is 1. The first-order valence-electron chi connectivity index (χ1n) is 4.74. The van der Waals surface area contributed by atoms with E-state index in [1.54, 1.807) is 11.3 Å². The first-order valence-corrected chi connectivity index (χ1v) is 6.73. The van der Waals surface area contributed by atoms with Crippen LogP contribution >= 0.6 is 38.9 Å². The van der Waals surface area contributed by atoms with Crippen molar-refractivity contribution in [1.29, 1.82) is 0 Å². The molecule has 1 atom stereocenters. The van der Waals surface area contributed by atoms with E-state index in [0.717, 1.165) is 19.9 Å². The van der Waals surface area contributed by atoms with Crippen molar-refractivity contribution in [3.63, 3.8) is 0 Å². The third kappa shape index (κ3) is 2.46. The van der Waals surface area contributed by atoms with Crippen molar-refractivity contribution in [3.8, 4) is 10.6 Å². The smallest absolute Gasteiger partial charge is 0.125 e. The fourth-order valence-corrected chi connectivity index (χ4v) is 2.81. The minimum Gasteiger partial charge on any atom is -0.323 e. The molecule has 0 fully saturated rings. The van der Waals surface area contributed by atoms with Gasteiger partial charge in [-0.1, -0.05) is 27.5 Å². The van der Waals surface area contributed by atoms with Crippen molar-refractivity contribution in [2.45, 2.75) is 13.0 Å². The largest absolute Gasteiger partial charge is 0.323 e. The Morgan fingerprint density at radius 3 is 2.88 bits per heavy atom. The second-order valence-corrected chi connectivity index (χ2v) is 5.87. The first-order chi connectivity index (χ1) is 7.58. The third-order valence-electron chi connectivity index (χ3n) is 2.13. The molecule has 1 heterocycles. The van der Waals surface area contributed by atoms with Gasteiger partial charge in [0.05, 0.1) is 5.02 Å². The van der Waals surface area contributed by atoms with E-state index < -0.39 is 0 Å². The Bertz CT molecular complexity index is 510.